The molecule has 0 aliphatic carbocycles. The fourth-order valence-electron chi connectivity index (χ4n) is 3.07. The smallest absolute Gasteiger partial charge is 0.311 e. The second kappa shape index (κ2) is 10.3. The monoisotopic (exact) mass is 504 g/mol. The summed E-state index contributed by atoms with van der Waals surface area (Å²) in [4.78, 5) is 49.4. The molecule has 2 aromatic rings. The topological polar surface area (TPSA) is 111 Å². The Morgan fingerprint density at radius 3 is 2.25 bits per heavy atom. The number of nitrogens with one attached hydrogen (secondary N) is 1. The Labute approximate surface area is 192 Å². The molecule has 32 heavy (non-hydrogen) atoms. The predicted molar refractivity (Wildman–Crippen MR) is 116 cm³/mol. The van der Waals surface area contributed by atoms with E-state index in [1.807, 2.05) is 0 Å². The molecular weight excluding hydrogens is 484 g/mol. The molecule has 0 aromatic heterocycles. The molecule has 2 aromatic carbocycles. The van der Waals surface area contributed by atoms with Crippen molar-refractivity contribution in [1.29, 1.82) is 0 Å². The molecule has 168 valence electrons. The maximum absolute atomic E-state index is 12.6. The van der Waals surface area contributed by atoms with Crippen molar-refractivity contribution in [2.24, 2.45) is 5.92 Å². The van der Waals surface area contributed by atoms with E-state index in [9.17, 15) is 19.2 Å². The summed E-state index contributed by atoms with van der Waals surface area (Å²) in [5.41, 5.74) is 3.11. The van der Waals surface area contributed by atoms with Gasteiger partial charge in [-0.1, -0.05) is 28.1 Å². The average molecular weight is 505 g/mol. The summed E-state index contributed by atoms with van der Waals surface area (Å²) in [6.07, 6.45) is -0.132. The van der Waals surface area contributed by atoms with Crippen molar-refractivity contribution in [1.82, 2.24) is 10.4 Å². The fraction of sp³-hybridized carbons (Fsp3) is 0.273. The number of esters is 1. The zero-order valence-corrected chi connectivity index (χ0v) is 19.0. The van der Waals surface area contributed by atoms with Gasteiger partial charge in [0.1, 0.15) is 11.5 Å². The van der Waals surface area contributed by atoms with E-state index >= 15 is 0 Å². The number of methoxy groups -OCH3 is 2. The molecule has 2 amide bonds. The van der Waals surface area contributed by atoms with Crippen LogP contribution in [0.1, 0.15) is 27.1 Å². The van der Waals surface area contributed by atoms with Gasteiger partial charge in [-0.25, -0.2) is 0 Å². The van der Waals surface area contributed by atoms with Gasteiger partial charge in [-0.05, 0) is 24.3 Å². The molecule has 1 fully saturated rings. The number of amides is 2. The number of rotatable bonds is 8. The molecule has 0 radical (unpaired) electrons. The Morgan fingerprint density at radius 1 is 1.03 bits per heavy atom. The van der Waals surface area contributed by atoms with Gasteiger partial charge in [-0.2, -0.15) is 0 Å². The van der Waals surface area contributed by atoms with E-state index < -0.39 is 30.3 Å². The first-order valence-electron chi connectivity index (χ1n) is 9.60. The van der Waals surface area contributed by atoms with Crippen LogP contribution in [0, 0.1) is 5.92 Å². The molecule has 1 atom stereocenters. The third-order valence-electron chi connectivity index (χ3n) is 4.82. The lowest BCUT2D eigenvalue weighted by molar-refractivity contribution is -0.147. The van der Waals surface area contributed by atoms with Crippen LogP contribution in [0.3, 0.4) is 0 Å². The number of ether oxygens (including phenoxy) is 3. The van der Waals surface area contributed by atoms with Gasteiger partial charge >= 0.3 is 5.97 Å². The van der Waals surface area contributed by atoms with Crippen LogP contribution in [0.2, 0.25) is 0 Å². The van der Waals surface area contributed by atoms with E-state index in [1.165, 1.54) is 26.4 Å². The predicted octanol–water partition coefficient (Wildman–Crippen LogP) is 2.39. The summed E-state index contributed by atoms with van der Waals surface area (Å²) >= 11 is 3.28. The van der Waals surface area contributed by atoms with Crippen molar-refractivity contribution in [3.05, 3.63) is 58.1 Å². The first kappa shape index (κ1) is 23.3. The molecule has 0 bridgehead atoms. The van der Waals surface area contributed by atoms with Crippen LogP contribution in [0.4, 0.5) is 0 Å². The number of nitrogens with zero attached hydrogens (tertiary/aromatic N) is 1. The van der Waals surface area contributed by atoms with E-state index in [0.717, 1.165) is 9.48 Å². The summed E-state index contributed by atoms with van der Waals surface area (Å²) < 4.78 is 16.2. The Morgan fingerprint density at radius 2 is 1.66 bits per heavy atom. The van der Waals surface area contributed by atoms with E-state index in [1.54, 1.807) is 30.3 Å². The van der Waals surface area contributed by atoms with Gasteiger partial charge in [-0.3, -0.25) is 29.6 Å². The highest BCUT2D eigenvalue weighted by molar-refractivity contribution is 9.10. The molecule has 1 aliphatic rings. The van der Waals surface area contributed by atoms with Gasteiger partial charge in [0.2, 0.25) is 5.91 Å². The summed E-state index contributed by atoms with van der Waals surface area (Å²) in [5.74, 6) is -1.99. The SMILES string of the molecule is COc1cc(OC)cc(C(=O)NN2CC(C(=O)OCC(=O)c3ccc(Br)cc3)CC2=O)c1. The van der Waals surface area contributed by atoms with Crippen LogP contribution in [0.15, 0.2) is 46.9 Å². The van der Waals surface area contributed by atoms with Crippen LogP contribution in [0.25, 0.3) is 0 Å². The lowest BCUT2D eigenvalue weighted by Gasteiger charge is -2.18. The number of benzene rings is 2. The standard InChI is InChI=1S/C22H21BrN2O7/c1-30-17-7-14(8-18(10-17)31-2)21(28)24-25-11-15(9-20(25)27)22(29)32-12-19(26)13-3-5-16(23)6-4-13/h3-8,10,15H,9,11-12H2,1-2H3,(H,24,28). The van der Waals surface area contributed by atoms with Crippen molar-refractivity contribution in [2.75, 3.05) is 27.4 Å². The zero-order chi connectivity index (χ0) is 23.3. The van der Waals surface area contributed by atoms with Gasteiger partial charge in [0.25, 0.3) is 5.91 Å². The number of ketones is 1. The van der Waals surface area contributed by atoms with Crippen LogP contribution in [-0.2, 0) is 14.3 Å². The van der Waals surface area contributed by atoms with Crippen molar-refractivity contribution < 1.29 is 33.4 Å². The van der Waals surface area contributed by atoms with Gasteiger partial charge in [0.15, 0.2) is 12.4 Å². The Hall–Kier alpha value is -3.40. The van der Waals surface area contributed by atoms with Gasteiger partial charge in [0.05, 0.1) is 26.7 Å². The molecule has 1 unspecified atom stereocenters. The van der Waals surface area contributed by atoms with Gasteiger partial charge in [0, 0.05) is 28.1 Å². The van der Waals surface area contributed by atoms with Crippen molar-refractivity contribution in [3.8, 4) is 11.5 Å². The van der Waals surface area contributed by atoms with E-state index in [-0.39, 0.29) is 24.3 Å². The lowest BCUT2D eigenvalue weighted by atomic mass is 10.1. The number of Topliss-reactive ketones (excluding diaryl/α,β-unsaturated/α-hetero) is 1. The van der Waals surface area contributed by atoms with Crippen LogP contribution in [-0.4, -0.2) is 55.9 Å². The van der Waals surface area contributed by atoms with Gasteiger partial charge in [-0.15, -0.1) is 0 Å². The third kappa shape index (κ3) is 5.64. The molecule has 1 N–H and O–H groups in total. The van der Waals surface area contributed by atoms with Crippen LogP contribution in [0.5, 0.6) is 11.5 Å². The Kier molecular flexibility index (Phi) is 7.47. The largest absolute Gasteiger partial charge is 0.497 e. The number of hydrogen-bond acceptors (Lipinski definition) is 7. The highest BCUT2D eigenvalue weighted by atomic mass is 79.9. The summed E-state index contributed by atoms with van der Waals surface area (Å²) in [6.45, 7) is -0.488. The molecule has 1 saturated heterocycles. The molecule has 3 rings (SSSR count). The van der Waals surface area contributed by atoms with Crippen LogP contribution >= 0.6 is 15.9 Å². The molecule has 10 heteroatoms. The highest BCUT2D eigenvalue weighted by Gasteiger charge is 2.36. The van der Waals surface area contributed by atoms with Crippen molar-refractivity contribution in [3.63, 3.8) is 0 Å². The number of carbonyl (C=O) groups excluding carboxylic acids is 4. The normalized spacial score (nSPS) is 15.3. The van der Waals surface area contributed by atoms with Crippen LogP contribution < -0.4 is 14.9 Å². The maximum atomic E-state index is 12.6. The lowest BCUT2D eigenvalue weighted by Crippen LogP contribution is -2.43. The maximum Gasteiger partial charge on any atom is 0.311 e. The number of halogens is 1. The average Bonchev–Trinajstić information content (AvgIpc) is 3.17. The molecule has 9 nitrogen and oxygen atoms in total. The Bertz CT molecular complexity index is 1020. The highest BCUT2D eigenvalue weighted by Crippen LogP contribution is 2.23. The minimum Gasteiger partial charge on any atom is -0.497 e. The van der Waals surface area contributed by atoms with E-state index in [2.05, 4.69) is 21.4 Å². The first-order valence-corrected chi connectivity index (χ1v) is 10.4. The minimum atomic E-state index is -0.791. The van der Waals surface area contributed by atoms with Crippen molar-refractivity contribution >= 4 is 39.5 Å². The molecule has 1 aliphatic heterocycles. The van der Waals surface area contributed by atoms with E-state index in [0.29, 0.717) is 17.1 Å². The second-order valence-electron chi connectivity index (χ2n) is 6.99. The summed E-state index contributed by atoms with van der Waals surface area (Å²) in [6, 6.07) is 11.3. The zero-order valence-electron chi connectivity index (χ0n) is 17.4. The fourth-order valence-corrected chi connectivity index (χ4v) is 3.34. The second-order valence-corrected chi connectivity index (χ2v) is 7.90. The van der Waals surface area contributed by atoms with Crippen molar-refractivity contribution in [2.45, 2.75) is 6.42 Å². The molecule has 1 heterocycles. The Balaban J connectivity index is 1.56. The summed E-state index contributed by atoms with van der Waals surface area (Å²) in [7, 11) is 2.91. The van der Waals surface area contributed by atoms with Gasteiger partial charge < -0.3 is 14.2 Å². The number of hydrogen-bond donors (Lipinski definition) is 1. The minimum absolute atomic E-state index is 0.0585. The number of hydrazine groups is 1. The summed E-state index contributed by atoms with van der Waals surface area (Å²) in [5, 5.41) is 1.07. The molecule has 0 spiro atoms. The molecular formula is C22H21BrN2O7. The first-order chi connectivity index (χ1) is 15.3. The third-order valence-corrected chi connectivity index (χ3v) is 5.35. The van der Waals surface area contributed by atoms with E-state index in [4.69, 9.17) is 14.2 Å². The number of carbonyl (C=O) groups is 4. The quantitative estimate of drug-likeness (QED) is 0.433. The molecule has 0 saturated carbocycles.